The van der Waals surface area contributed by atoms with Crippen LogP contribution in [-0.2, 0) is 11.0 Å². The molecule has 0 aliphatic carbocycles. The second-order valence-corrected chi connectivity index (χ2v) is 10.4. The molecular weight excluding hydrogens is 559 g/mol. The topological polar surface area (TPSA) is 62.2 Å². The van der Waals surface area contributed by atoms with Crippen LogP contribution in [0.5, 0.6) is 0 Å². The van der Waals surface area contributed by atoms with Gasteiger partial charge in [-0.1, -0.05) is 37.6 Å². The van der Waals surface area contributed by atoms with Crippen LogP contribution in [0.3, 0.4) is 0 Å². The van der Waals surface area contributed by atoms with E-state index in [1.54, 1.807) is 67.2 Å². The minimum absolute atomic E-state index is 0.167. The Morgan fingerprint density at radius 1 is 1.05 bits per heavy atom. The maximum atomic E-state index is 13.5. The van der Waals surface area contributed by atoms with Crippen molar-refractivity contribution in [2.45, 2.75) is 32.1 Å². The smallest absolute Gasteiger partial charge is 0.351 e. The number of nitrogens with zero attached hydrogens (tertiary/aromatic N) is 3. The van der Waals surface area contributed by atoms with E-state index in [0.29, 0.717) is 38.6 Å². The van der Waals surface area contributed by atoms with Gasteiger partial charge in [0.2, 0.25) is 5.91 Å². The fourth-order valence-electron chi connectivity index (χ4n) is 4.67. The Labute approximate surface area is 239 Å². The van der Waals surface area contributed by atoms with Gasteiger partial charge in [0.15, 0.2) is 5.11 Å². The number of halogens is 4. The lowest BCUT2D eigenvalue weighted by molar-refractivity contribution is -0.137. The molecule has 5 rings (SSSR count). The summed E-state index contributed by atoms with van der Waals surface area (Å²) >= 11 is 12.4. The molecule has 1 aliphatic rings. The van der Waals surface area contributed by atoms with Crippen LogP contribution in [0.4, 0.5) is 24.5 Å². The zero-order valence-corrected chi connectivity index (χ0v) is 23.1. The molecule has 1 fully saturated rings. The van der Waals surface area contributed by atoms with Gasteiger partial charge >= 0.3 is 6.18 Å². The molecule has 0 spiro atoms. The number of carbonyl (C=O) groups is 1. The van der Waals surface area contributed by atoms with Crippen LogP contribution < -0.4 is 15.5 Å². The molecule has 3 heterocycles. The third-order valence-corrected chi connectivity index (χ3v) is 7.27. The Balaban J connectivity index is 1.61. The van der Waals surface area contributed by atoms with Gasteiger partial charge in [-0.25, -0.2) is 0 Å². The normalized spacial score (nSPS) is 17.3. The first-order chi connectivity index (χ1) is 19.0. The van der Waals surface area contributed by atoms with Crippen LogP contribution in [-0.4, -0.2) is 20.6 Å². The molecule has 2 atom stereocenters. The van der Waals surface area contributed by atoms with Crippen molar-refractivity contribution in [3.05, 3.63) is 107 Å². The molecule has 4 aromatic rings. The molecule has 0 saturated carbocycles. The summed E-state index contributed by atoms with van der Waals surface area (Å²) in [6.07, 6.45) is -1.09. The Bertz CT molecular complexity index is 1560. The molecular formula is C29H25ClF3N5OS. The monoisotopic (exact) mass is 583 g/mol. The highest BCUT2D eigenvalue weighted by Crippen LogP contribution is 2.43. The maximum Gasteiger partial charge on any atom is 0.416 e. The second kappa shape index (κ2) is 10.9. The number of anilines is 2. The van der Waals surface area contributed by atoms with Gasteiger partial charge in [-0.15, -0.1) is 0 Å². The summed E-state index contributed by atoms with van der Waals surface area (Å²) in [6.45, 7) is 3.57. The maximum absolute atomic E-state index is 13.5. The number of thiocarbonyl (C=S) groups is 1. The van der Waals surface area contributed by atoms with Crippen molar-refractivity contribution in [1.29, 1.82) is 0 Å². The highest BCUT2D eigenvalue weighted by Gasteiger charge is 2.42. The minimum atomic E-state index is -4.48. The number of nitrogens with one attached hydrogen (secondary N) is 2. The van der Waals surface area contributed by atoms with Crippen molar-refractivity contribution in [1.82, 2.24) is 14.9 Å². The summed E-state index contributed by atoms with van der Waals surface area (Å²) in [5.74, 6) is -0.390. The van der Waals surface area contributed by atoms with E-state index in [2.05, 4.69) is 15.6 Å². The molecule has 0 bridgehead atoms. The number of aromatic nitrogens is 2. The van der Waals surface area contributed by atoms with E-state index in [-0.39, 0.29) is 11.8 Å². The van der Waals surface area contributed by atoms with Crippen molar-refractivity contribution in [3.8, 4) is 5.69 Å². The predicted octanol–water partition coefficient (Wildman–Crippen LogP) is 7.32. The van der Waals surface area contributed by atoms with Crippen molar-refractivity contribution in [2.24, 2.45) is 5.92 Å². The Morgan fingerprint density at radius 2 is 1.85 bits per heavy atom. The van der Waals surface area contributed by atoms with E-state index in [4.69, 9.17) is 23.8 Å². The molecule has 2 aromatic carbocycles. The van der Waals surface area contributed by atoms with Gasteiger partial charge in [0, 0.05) is 35.4 Å². The molecule has 1 amide bonds. The van der Waals surface area contributed by atoms with E-state index >= 15 is 0 Å². The number of hydrogen-bond donors (Lipinski definition) is 2. The van der Waals surface area contributed by atoms with E-state index in [9.17, 15) is 18.0 Å². The summed E-state index contributed by atoms with van der Waals surface area (Å²) in [5, 5.41) is 6.88. The third kappa shape index (κ3) is 5.41. The number of carbonyl (C=O) groups excluding carboxylic acids is 1. The van der Waals surface area contributed by atoms with Crippen LogP contribution in [0.2, 0.25) is 5.02 Å². The van der Waals surface area contributed by atoms with E-state index in [1.165, 1.54) is 6.07 Å². The summed E-state index contributed by atoms with van der Waals surface area (Å²) in [6, 6.07) is 18.6. The number of alkyl halides is 3. The molecule has 1 aliphatic heterocycles. The first-order valence-corrected chi connectivity index (χ1v) is 13.3. The van der Waals surface area contributed by atoms with Crippen LogP contribution in [0.1, 0.15) is 42.9 Å². The Hall–Kier alpha value is -3.89. The third-order valence-electron chi connectivity index (χ3n) is 6.65. The van der Waals surface area contributed by atoms with Crippen molar-refractivity contribution < 1.29 is 18.0 Å². The van der Waals surface area contributed by atoms with Crippen molar-refractivity contribution >= 4 is 46.2 Å². The number of rotatable bonds is 6. The average Bonchev–Trinajstić information content (AvgIpc) is 3.54. The lowest BCUT2D eigenvalue weighted by Gasteiger charge is -2.29. The van der Waals surface area contributed by atoms with Gasteiger partial charge in [0.1, 0.15) is 6.04 Å². The molecule has 0 unspecified atom stereocenters. The van der Waals surface area contributed by atoms with Gasteiger partial charge in [0.05, 0.1) is 28.0 Å². The van der Waals surface area contributed by atoms with Crippen LogP contribution >= 0.6 is 23.8 Å². The molecule has 206 valence electrons. The number of amides is 1. The molecule has 11 heteroatoms. The van der Waals surface area contributed by atoms with Gasteiger partial charge in [-0.2, -0.15) is 13.2 Å². The highest BCUT2D eigenvalue weighted by molar-refractivity contribution is 7.80. The first kappa shape index (κ1) is 27.7. The molecule has 2 N–H and O–H groups in total. The largest absolute Gasteiger partial charge is 0.416 e. The molecule has 2 aromatic heterocycles. The minimum Gasteiger partial charge on any atom is -0.351 e. The lowest BCUT2D eigenvalue weighted by Crippen LogP contribution is -2.30. The number of pyridine rings is 1. The van der Waals surface area contributed by atoms with Crippen molar-refractivity contribution in [3.63, 3.8) is 0 Å². The second-order valence-electron chi connectivity index (χ2n) is 9.66. The Kier molecular flexibility index (Phi) is 7.57. The van der Waals surface area contributed by atoms with Gasteiger partial charge < -0.3 is 20.1 Å². The first-order valence-electron chi connectivity index (χ1n) is 12.5. The van der Waals surface area contributed by atoms with E-state index in [1.807, 2.05) is 23.1 Å². The zero-order valence-electron chi connectivity index (χ0n) is 21.5. The van der Waals surface area contributed by atoms with Crippen molar-refractivity contribution in [2.75, 3.05) is 10.2 Å². The highest BCUT2D eigenvalue weighted by atomic mass is 35.5. The van der Waals surface area contributed by atoms with Crippen LogP contribution in [0.15, 0.2) is 85.2 Å². The summed E-state index contributed by atoms with van der Waals surface area (Å²) in [5.41, 5.74) is 2.13. The Morgan fingerprint density at radius 3 is 2.52 bits per heavy atom. The average molecular weight is 584 g/mol. The summed E-state index contributed by atoms with van der Waals surface area (Å²) in [7, 11) is 0. The quantitative estimate of drug-likeness (QED) is 0.233. The SMILES string of the molecule is CC(C)C(=O)Nc1ccc(N2C(=S)N[C@@H](c3ccccn3)[C@@H]2c2cccn2-c2cccc(C(F)(F)F)c2)cc1Cl. The summed E-state index contributed by atoms with van der Waals surface area (Å²) in [4.78, 5) is 18.6. The van der Waals surface area contributed by atoms with Gasteiger partial charge in [-0.3, -0.25) is 9.78 Å². The van der Waals surface area contributed by atoms with E-state index in [0.717, 1.165) is 12.1 Å². The zero-order chi connectivity index (χ0) is 28.6. The molecule has 0 radical (unpaired) electrons. The number of benzene rings is 2. The molecule has 6 nitrogen and oxygen atoms in total. The fourth-order valence-corrected chi connectivity index (χ4v) is 5.24. The lowest BCUT2D eigenvalue weighted by atomic mass is 10.0. The standard InChI is InChI=1S/C29H25ClF3N5OS/c1-17(2)27(39)35-22-12-11-20(16-21(22)30)38-26(25(36-28(38)40)23-9-3-4-13-34-23)24-10-6-14-37(24)19-8-5-7-18(15-19)29(31,32)33/h3-17,25-26H,1-2H3,(H,35,39)(H,36,40)/t25-,26-/m0/s1. The van der Waals surface area contributed by atoms with E-state index < -0.39 is 23.8 Å². The summed E-state index contributed by atoms with van der Waals surface area (Å²) < 4.78 is 42.3. The van der Waals surface area contributed by atoms with Gasteiger partial charge in [-0.05, 0) is 72.9 Å². The predicted molar refractivity (Wildman–Crippen MR) is 154 cm³/mol. The fraction of sp³-hybridized carbons (Fsp3) is 0.207. The molecule has 40 heavy (non-hydrogen) atoms. The van der Waals surface area contributed by atoms with Crippen LogP contribution in [0.25, 0.3) is 5.69 Å². The number of hydrogen-bond acceptors (Lipinski definition) is 3. The van der Waals surface area contributed by atoms with Crippen LogP contribution in [0, 0.1) is 5.92 Å². The molecule has 1 saturated heterocycles. The van der Waals surface area contributed by atoms with Gasteiger partial charge in [0.25, 0.3) is 0 Å².